The lowest BCUT2D eigenvalue weighted by molar-refractivity contribution is -0.129. The largest absolute Gasteiger partial charge is 0.344 e. The van der Waals surface area contributed by atoms with E-state index in [1.807, 2.05) is 0 Å². The summed E-state index contributed by atoms with van der Waals surface area (Å²) in [5.74, 6) is 1.18. The fourth-order valence-electron chi connectivity index (χ4n) is 3.03. The smallest absolute Gasteiger partial charge is 0.236 e. The number of likely N-dealkylation sites (N-methyl/N-ethyl adjacent to an activating group) is 1. The lowest BCUT2D eigenvalue weighted by Gasteiger charge is -2.31. The van der Waals surface area contributed by atoms with E-state index >= 15 is 0 Å². The summed E-state index contributed by atoms with van der Waals surface area (Å²) in [5, 5.41) is 16.1. The van der Waals surface area contributed by atoms with Crippen molar-refractivity contribution >= 4 is 5.91 Å². The molecule has 1 aromatic rings. The number of nitriles is 1. The molecule has 126 valence electrons. The molecule has 2 rings (SSSR count). The Hall–Kier alpha value is -1.94. The summed E-state index contributed by atoms with van der Waals surface area (Å²) in [6, 6.07) is 2.06. The van der Waals surface area contributed by atoms with Gasteiger partial charge in [-0.15, -0.1) is 0 Å². The van der Waals surface area contributed by atoms with E-state index in [-0.39, 0.29) is 18.0 Å². The summed E-state index contributed by atoms with van der Waals surface area (Å²) in [5.41, 5.74) is -0.389. The van der Waals surface area contributed by atoms with Crippen LogP contribution in [0.4, 0.5) is 0 Å². The van der Waals surface area contributed by atoms with Crippen LogP contribution in [-0.2, 0) is 10.3 Å². The molecule has 1 aromatic heterocycles. The van der Waals surface area contributed by atoms with E-state index in [0.29, 0.717) is 24.7 Å². The van der Waals surface area contributed by atoms with Crippen molar-refractivity contribution in [3.05, 3.63) is 11.7 Å². The Morgan fingerprint density at radius 1 is 1.39 bits per heavy atom. The quantitative estimate of drug-likeness (QED) is 0.805. The zero-order chi connectivity index (χ0) is 16.7. The van der Waals surface area contributed by atoms with E-state index in [4.69, 9.17) is 9.78 Å². The minimum Gasteiger partial charge on any atom is -0.344 e. The van der Waals surface area contributed by atoms with E-state index in [1.165, 1.54) is 12.8 Å². The Morgan fingerprint density at radius 2 is 2.09 bits per heavy atom. The van der Waals surface area contributed by atoms with Gasteiger partial charge in [-0.05, 0) is 12.8 Å². The third-order valence-electron chi connectivity index (χ3n) is 4.48. The van der Waals surface area contributed by atoms with E-state index in [9.17, 15) is 4.79 Å². The summed E-state index contributed by atoms with van der Waals surface area (Å²) in [7, 11) is 1.72. The second kappa shape index (κ2) is 8.06. The standard InChI is InChI=1S/C16H25N5O2/c1-13-19-15(20-23-13)16(8-5-3-4-6-9-16)18-12-14(22)21(2)11-7-10-17/h18H,3-9,11-12H2,1-2H3. The highest BCUT2D eigenvalue weighted by atomic mass is 16.5. The Morgan fingerprint density at radius 3 is 2.65 bits per heavy atom. The van der Waals surface area contributed by atoms with Crippen LogP contribution in [0.25, 0.3) is 0 Å². The molecule has 1 amide bonds. The molecule has 0 aromatic carbocycles. The minimum absolute atomic E-state index is 0.0240. The molecule has 0 atom stereocenters. The molecule has 23 heavy (non-hydrogen) atoms. The molecular formula is C16H25N5O2. The number of nitrogens with zero attached hydrogens (tertiary/aromatic N) is 4. The number of hydrogen-bond donors (Lipinski definition) is 1. The molecule has 0 aliphatic heterocycles. The van der Waals surface area contributed by atoms with Gasteiger partial charge in [0.2, 0.25) is 11.8 Å². The minimum atomic E-state index is -0.389. The number of carbonyl (C=O) groups excluding carboxylic acids is 1. The van der Waals surface area contributed by atoms with Crippen molar-refractivity contribution in [2.45, 2.75) is 57.4 Å². The van der Waals surface area contributed by atoms with Gasteiger partial charge in [-0.3, -0.25) is 10.1 Å². The third-order valence-corrected chi connectivity index (χ3v) is 4.48. The van der Waals surface area contributed by atoms with Crippen LogP contribution in [0.1, 0.15) is 56.7 Å². The highest BCUT2D eigenvalue weighted by Gasteiger charge is 2.37. The average molecular weight is 319 g/mol. The third kappa shape index (κ3) is 4.52. The van der Waals surface area contributed by atoms with Gasteiger partial charge >= 0.3 is 0 Å². The molecule has 1 aliphatic rings. The molecule has 1 heterocycles. The summed E-state index contributed by atoms with van der Waals surface area (Å²) in [4.78, 5) is 18.2. The first kappa shape index (κ1) is 17.4. The molecule has 0 bridgehead atoms. The van der Waals surface area contributed by atoms with Gasteiger partial charge in [-0.1, -0.05) is 30.8 Å². The Labute approximate surface area is 137 Å². The summed E-state index contributed by atoms with van der Waals surface area (Å²) < 4.78 is 5.16. The fourth-order valence-corrected chi connectivity index (χ4v) is 3.03. The lowest BCUT2D eigenvalue weighted by Crippen LogP contribution is -2.48. The molecule has 0 radical (unpaired) electrons. The second-order valence-electron chi connectivity index (χ2n) is 6.21. The van der Waals surface area contributed by atoms with Crippen molar-refractivity contribution in [2.75, 3.05) is 20.1 Å². The maximum absolute atomic E-state index is 12.2. The fraction of sp³-hybridized carbons (Fsp3) is 0.750. The SMILES string of the molecule is Cc1nc(C2(NCC(=O)N(C)CCC#N)CCCCCC2)no1. The molecule has 1 aliphatic carbocycles. The van der Waals surface area contributed by atoms with Crippen LogP contribution in [0.5, 0.6) is 0 Å². The molecule has 7 heteroatoms. The van der Waals surface area contributed by atoms with Crippen LogP contribution in [0.2, 0.25) is 0 Å². The molecule has 7 nitrogen and oxygen atoms in total. The number of aryl methyl sites for hydroxylation is 1. The predicted molar refractivity (Wildman–Crippen MR) is 84.3 cm³/mol. The van der Waals surface area contributed by atoms with Crippen LogP contribution >= 0.6 is 0 Å². The van der Waals surface area contributed by atoms with Gasteiger partial charge in [-0.2, -0.15) is 10.2 Å². The van der Waals surface area contributed by atoms with Gasteiger partial charge in [-0.25, -0.2) is 0 Å². The molecule has 0 spiro atoms. The Bertz CT molecular complexity index is 555. The summed E-state index contributed by atoms with van der Waals surface area (Å²) >= 11 is 0. The van der Waals surface area contributed by atoms with Crippen molar-refractivity contribution in [3.63, 3.8) is 0 Å². The maximum atomic E-state index is 12.2. The topological polar surface area (TPSA) is 95.1 Å². The normalized spacial score (nSPS) is 17.3. The molecule has 0 unspecified atom stereocenters. The monoisotopic (exact) mass is 319 g/mol. The van der Waals surface area contributed by atoms with Gasteiger partial charge in [0.05, 0.1) is 24.6 Å². The van der Waals surface area contributed by atoms with Crippen LogP contribution in [0.3, 0.4) is 0 Å². The molecule has 1 saturated carbocycles. The molecular weight excluding hydrogens is 294 g/mol. The predicted octanol–water partition coefficient (Wildman–Crippen LogP) is 1.89. The van der Waals surface area contributed by atoms with Gasteiger partial charge in [0.25, 0.3) is 0 Å². The Kier molecular flexibility index (Phi) is 6.11. The number of amides is 1. The zero-order valence-corrected chi connectivity index (χ0v) is 14.0. The highest BCUT2D eigenvalue weighted by Crippen LogP contribution is 2.34. The van der Waals surface area contributed by atoms with E-state index in [2.05, 4.69) is 21.5 Å². The zero-order valence-electron chi connectivity index (χ0n) is 14.0. The van der Waals surface area contributed by atoms with E-state index in [1.54, 1.807) is 18.9 Å². The number of carbonyl (C=O) groups is 1. The van der Waals surface area contributed by atoms with Gasteiger partial charge < -0.3 is 9.42 Å². The number of hydrogen-bond acceptors (Lipinski definition) is 6. The van der Waals surface area contributed by atoms with E-state index in [0.717, 1.165) is 25.7 Å². The second-order valence-corrected chi connectivity index (χ2v) is 6.21. The van der Waals surface area contributed by atoms with Crippen molar-refractivity contribution in [2.24, 2.45) is 0 Å². The van der Waals surface area contributed by atoms with Crippen LogP contribution < -0.4 is 5.32 Å². The Balaban J connectivity index is 2.06. The van der Waals surface area contributed by atoms with Gasteiger partial charge in [0.15, 0.2) is 5.82 Å². The van der Waals surface area contributed by atoms with Crippen LogP contribution in [0, 0.1) is 18.3 Å². The first-order valence-electron chi connectivity index (χ1n) is 8.24. The van der Waals surface area contributed by atoms with Crippen molar-refractivity contribution in [1.82, 2.24) is 20.4 Å². The number of aromatic nitrogens is 2. The number of rotatable bonds is 6. The number of nitrogens with one attached hydrogen (secondary N) is 1. The van der Waals surface area contributed by atoms with Crippen LogP contribution in [0.15, 0.2) is 4.52 Å². The van der Waals surface area contributed by atoms with Gasteiger partial charge in [0, 0.05) is 20.5 Å². The first-order chi connectivity index (χ1) is 11.1. The van der Waals surface area contributed by atoms with E-state index < -0.39 is 0 Å². The van der Waals surface area contributed by atoms with Crippen molar-refractivity contribution in [1.29, 1.82) is 5.26 Å². The molecule has 1 fully saturated rings. The molecule has 1 N–H and O–H groups in total. The lowest BCUT2D eigenvalue weighted by atomic mass is 9.89. The molecule has 0 saturated heterocycles. The highest BCUT2D eigenvalue weighted by molar-refractivity contribution is 5.78. The maximum Gasteiger partial charge on any atom is 0.236 e. The van der Waals surface area contributed by atoms with Crippen molar-refractivity contribution < 1.29 is 9.32 Å². The first-order valence-corrected chi connectivity index (χ1v) is 8.24. The average Bonchev–Trinajstić information content (AvgIpc) is 2.85. The summed E-state index contributed by atoms with van der Waals surface area (Å²) in [6.07, 6.45) is 6.70. The summed E-state index contributed by atoms with van der Waals surface area (Å²) in [6.45, 7) is 2.45. The van der Waals surface area contributed by atoms with Gasteiger partial charge in [0.1, 0.15) is 0 Å². The van der Waals surface area contributed by atoms with Crippen LogP contribution in [-0.4, -0.2) is 41.1 Å². The van der Waals surface area contributed by atoms with Crippen molar-refractivity contribution in [3.8, 4) is 6.07 Å².